The SMILES string of the molecule is CCC1(C)c2cccc(O)c2C(=O)C2C(=O)[C@@]3(O)C(=O)C(C(N)=O)C(=O)[C@H](N(C)C)[C@H]3[C@H](O)[C@H]21. The van der Waals surface area contributed by atoms with E-state index in [1.54, 1.807) is 26.0 Å². The second kappa shape index (κ2) is 7.53. The molecule has 10 nitrogen and oxygen atoms in total. The molecule has 4 rings (SSSR count). The Morgan fingerprint density at radius 1 is 1.12 bits per heavy atom. The Kier molecular flexibility index (Phi) is 5.35. The molecule has 3 aliphatic rings. The maximum atomic E-state index is 13.9. The van der Waals surface area contributed by atoms with E-state index < -0.39 is 75.9 Å². The van der Waals surface area contributed by atoms with Crippen LogP contribution >= 0.6 is 0 Å². The van der Waals surface area contributed by atoms with Gasteiger partial charge in [-0.15, -0.1) is 0 Å². The predicted molar refractivity (Wildman–Crippen MR) is 117 cm³/mol. The van der Waals surface area contributed by atoms with Crippen molar-refractivity contribution in [2.75, 3.05) is 14.1 Å². The summed E-state index contributed by atoms with van der Waals surface area (Å²) >= 11 is 0. The first-order chi connectivity index (χ1) is 15.8. The normalized spacial score (nSPS) is 39.5. The predicted octanol–water partition coefficient (Wildman–Crippen LogP) is -1.04. The molecule has 3 aliphatic carbocycles. The topological polar surface area (TPSA) is 175 Å². The molecular formula is C24H28N2O8. The van der Waals surface area contributed by atoms with Gasteiger partial charge in [-0.1, -0.05) is 26.0 Å². The number of amides is 1. The lowest BCUT2D eigenvalue weighted by Gasteiger charge is -2.58. The highest BCUT2D eigenvalue weighted by Crippen LogP contribution is 2.57. The van der Waals surface area contributed by atoms with Crippen LogP contribution in [0, 0.1) is 23.7 Å². The highest BCUT2D eigenvalue weighted by Gasteiger charge is 2.74. The zero-order valence-electron chi connectivity index (χ0n) is 19.3. The van der Waals surface area contributed by atoms with E-state index in [0.29, 0.717) is 12.0 Å². The standard InChI is InChI=1S/C24H28N2O8/c1-5-23(2)9-7-6-8-10(27)11(9)17(28)12-14(23)19(30)15-16(26(3)4)18(29)13(22(25)33)21(32)24(15,34)20(12)31/h6-8,12-16,19,27,30,34H,5H2,1-4H3,(H2,25,33)/t12?,13?,14-,15-,16+,19+,23?,24+/m0/s1. The molecular weight excluding hydrogens is 444 g/mol. The van der Waals surface area contributed by atoms with E-state index in [1.807, 2.05) is 0 Å². The molecule has 5 N–H and O–H groups in total. The van der Waals surface area contributed by atoms with E-state index in [2.05, 4.69) is 0 Å². The number of Topliss-reactive ketones (excluding diaryl/α,β-unsaturated/α-hetero) is 4. The van der Waals surface area contributed by atoms with Crippen molar-refractivity contribution < 1.29 is 39.3 Å². The van der Waals surface area contributed by atoms with E-state index in [0.717, 1.165) is 0 Å². The van der Waals surface area contributed by atoms with Crippen LogP contribution in [0.1, 0.15) is 36.2 Å². The molecule has 0 saturated heterocycles. The number of ketones is 4. The fraction of sp³-hybridized carbons (Fsp3) is 0.542. The van der Waals surface area contributed by atoms with Crippen LogP contribution in [0.25, 0.3) is 0 Å². The summed E-state index contributed by atoms with van der Waals surface area (Å²) in [5, 5.41) is 33.8. The van der Waals surface area contributed by atoms with Crippen LogP contribution in [-0.4, -0.2) is 81.1 Å². The lowest BCUT2D eigenvalue weighted by Crippen LogP contribution is -2.78. The fourth-order valence-electron chi connectivity index (χ4n) is 6.54. The third kappa shape index (κ3) is 2.70. The summed E-state index contributed by atoms with van der Waals surface area (Å²) in [6, 6.07) is 3.09. The molecule has 182 valence electrons. The quantitative estimate of drug-likeness (QED) is 0.401. The molecule has 0 aromatic heterocycles. The number of phenols is 1. The maximum Gasteiger partial charge on any atom is 0.235 e. The van der Waals surface area contributed by atoms with Gasteiger partial charge in [0.25, 0.3) is 0 Å². The number of benzene rings is 1. The Hall–Kier alpha value is -2.95. The van der Waals surface area contributed by atoms with Crippen LogP contribution in [0.3, 0.4) is 0 Å². The van der Waals surface area contributed by atoms with E-state index >= 15 is 0 Å². The first-order valence-electron chi connectivity index (χ1n) is 11.1. The molecule has 3 unspecified atom stereocenters. The highest BCUT2D eigenvalue weighted by atomic mass is 16.3. The van der Waals surface area contributed by atoms with Gasteiger partial charge in [-0.2, -0.15) is 0 Å². The van der Waals surface area contributed by atoms with Gasteiger partial charge < -0.3 is 21.1 Å². The Morgan fingerprint density at radius 2 is 1.74 bits per heavy atom. The number of aliphatic hydroxyl groups is 2. The third-order valence-corrected chi connectivity index (χ3v) is 8.29. The molecule has 10 heteroatoms. The van der Waals surface area contributed by atoms with Crippen molar-refractivity contribution in [3.8, 4) is 5.75 Å². The van der Waals surface area contributed by atoms with E-state index in [9.17, 15) is 39.3 Å². The molecule has 1 amide bonds. The molecule has 2 saturated carbocycles. The van der Waals surface area contributed by atoms with Gasteiger partial charge in [0.05, 0.1) is 29.5 Å². The highest BCUT2D eigenvalue weighted by molar-refractivity contribution is 6.32. The third-order valence-electron chi connectivity index (χ3n) is 8.29. The van der Waals surface area contributed by atoms with Crippen LogP contribution in [0.4, 0.5) is 0 Å². The van der Waals surface area contributed by atoms with Crippen molar-refractivity contribution in [2.24, 2.45) is 29.4 Å². The molecule has 0 aliphatic heterocycles. The van der Waals surface area contributed by atoms with Crippen molar-refractivity contribution in [3.05, 3.63) is 29.3 Å². The number of nitrogens with two attached hydrogens (primary N) is 1. The summed E-state index contributed by atoms with van der Waals surface area (Å²) in [7, 11) is 2.91. The summed E-state index contributed by atoms with van der Waals surface area (Å²) in [6.07, 6.45) is -1.31. The largest absolute Gasteiger partial charge is 0.507 e. The zero-order chi connectivity index (χ0) is 25.5. The average Bonchev–Trinajstić information content (AvgIpc) is 2.76. The van der Waals surface area contributed by atoms with Gasteiger partial charge in [0.15, 0.2) is 34.7 Å². The number of aromatic hydroxyl groups is 1. The summed E-state index contributed by atoms with van der Waals surface area (Å²) in [5.74, 6) is -12.5. The monoisotopic (exact) mass is 472 g/mol. The first kappa shape index (κ1) is 24.2. The number of rotatable bonds is 3. The summed E-state index contributed by atoms with van der Waals surface area (Å²) < 4.78 is 0. The second-order valence-electron chi connectivity index (χ2n) is 10.00. The number of hydrogen-bond donors (Lipinski definition) is 4. The van der Waals surface area contributed by atoms with Crippen molar-refractivity contribution in [2.45, 2.75) is 43.4 Å². The molecule has 2 fully saturated rings. The minimum atomic E-state index is -2.99. The van der Waals surface area contributed by atoms with Gasteiger partial charge in [0, 0.05) is 5.92 Å². The van der Waals surface area contributed by atoms with E-state index in [1.165, 1.54) is 25.1 Å². The number of phenolic OH excluding ortho intramolecular Hbond substituents is 1. The lowest BCUT2D eigenvalue weighted by atomic mass is 9.45. The van der Waals surface area contributed by atoms with Crippen LogP contribution in [0.5, 0.6) is 5.75 Å². The molecule has 0 radical (unpaired) electrons. The Morgan fingerprint density at radius 3 is 2.26 bits per heavy atom. The van der Waals surface area contributed by atoms with Crippen LogP contribution in [0.2, 0.25) is 0 Å². The Bertz CT molecular complexity index is 1150. The maximum absolute atomic E-state index is 13.9. The molecule has 34 heavy (non-hydrogen) atoms. The number of primary amides is 1. The van der Waals surface area contributed by atoms with Crippen LogP contribution in [-0.2, 0) is 24.6 Å². The lowest BCUT2D eigenvalue weighted by molar-refractivity contribution is -0.199. The summed E-state index contributed by atoms with van der Waals surface area (Å²) in [6.45, 7) is 3.53. The number of carbonyl (C=O) groups is 5. The number of aliphatic hydroxyl groups excluding tert-OH is 1. The summed E-state index contributed by atoms with van der Waals surface area (Å²) in [4.78, 5) is 67.3. The first-order valence-corrected chi connectivity index (χ1v) is 11.1. The number of fused-ring (bicyclic) bond motifs is 3. The van der Waals surface area contributed by atoms with Crippen molar-refractivity contribution in [1.29, 1.82) is 0 Å². The average molecular weight is 472 g/mol. The number of hydrogen-bond acceptors (Lipinski definition) is 9. The van der Waals surface area contributed by atoms with Gasteiger partial charge in [0.1, 0.15) is 5.75 Å². The van der Waals surface area contributed by atoms with Crippen molar-refractivity contribution in [1.82, 2.24) is 4.90 Å². The van der Waals surface area contributed by atoms with Gasteiger partial charge in [-0.3, -0.25) is 28.9 Å². The van der Waals surface area contributed by atoms with Gasteiger partial charge in [-0.25, -0.2) is 0 Å². The Balaban J connectivity index is 2.03. The number of likely N-dealkylation sites (N-methyl/N-ethyl adjacent to an activating group) is 1. The minimum absolute atomic E-state index is 0.106. The molecule has 0 spiro atoms. The van der Waals surface area contributed by atoms with Crippen LogP contribution < -0.4 is 5.73 Å². The molecule has 8 atom stereocenters. The molecule has 1 aromatic carbocycles. The van der Waals surface area contributed by atoms with Crippen molar-refractivity contribution >= 4 is 29.0 Å². The Labute approximate surface area is 195 Å². The van der Waals surface area contributed by atoms with E-state index in [-0.39, 0.29) is 11.3 Å². The van der Waals surface area contributed by atoms with Gasteiger partial charge in [0.2, 0.25) is 5.91 Å². The second-order valence-corrected chi connectivity index (χ2v) is 10.00. The molecule has 0 heterocycles. The minimum Gasteiger partial charge on any atom is -0.507 e. The van der Waals surface area contributed by atoms with Crippen molar-refractivity contribution in [3.63, 3.8) is 0 Å². The zero-order valence-corrected chi connectivity index (χ0v) is 19.3. The molecule has 0 bridgehead atoms. The van der Waals surface area contributed by atoms with Crippen LogP contribution in [0.15, 0.2) is 18.2 Å². The molecule has 1 aromatic rings. The van der Waals surface area contributed by atoms with Gasteiger partial charge >= 0.3 is 0 Å². The number of carbonyl (C=O) groups excluding carboxylic acids is 5. The van der Waals surface area contributed by atoms with Gasteiger partial charge in [-0.05, 0) is 37.6 Å². The smallest absolute Gasteiger partial charge is 0.235 e. The number of nitrogens with zero attached hydrogens (tertiary/aromatic N) is 1. The van der Waals surface area contributed by atoms with E-state index in [4.69, 9.17) is 5.73 Å². The summed E-state index contributed by atoms with van der Waals surface area (Å²) in [5.41, 5.74) is 1.61. The fourth-order valence-corrected chi connectivity index (χ4v) is 6.54.